The molecule has 0 saturated carbocycles. The Kier molecular flexibility index (Phi) is 6.20. The van der Waals surface area contributed by atoms with Crippen LogP contribution in [0.4, 0.5) is 0 Å². The third kappa shape index (κ3) is 4.43. The van der Waals surface area contributed by atoms with Crippen molar-refractivity contribution in [2.24, 2.45) is 0 Å². The average molecular weight is 200 g/mol. The summed E-state index contributed by atoms with van der Waals surface area (Å²) >= 11 is 0. The van der Waals surface area contributed by atoms with Crippen LogP contribution in [0.5, 0.6) is 0 Å². The van der Waals surface area contributed by atoms with Gasteiger partial charge >= 0.3 is 0 Å². The normalized spacial score (nSPS) is 27.0. The first kappa shape index (κ1) is 12.0. The summed E-state index contributed by atoms with van der Waals surface area (Å²) in [5.41, 5.74) is 0. The minimum Gasteiger partial charge on any atom is -0.394 e. The maximum atomic E-state index is 8.90. The summed E-state index contributed by atoms with van der Waals surface area (Å²) in [5, 5.41) is 8.90. The summed E-state index contributed by atoms with van der Waals surface area (Å²) in [4.78, 5) is 0. The molecule has 1 aliphatic heterocycles. The molecule has 0 bridgehead atoms. The Hall–Kier alpha value is -0.0800. The zero-order valence-corrected chi connectivity index (χ0v) is 9.37. The van der Waals surface area contributed by atoms with E-state index in [4.69, 9.17) is 9.84 Å². The van der Waals surface area contributed by atoms with Crippen LogP contribution in [0.1, 0.15) is 58.3 Å². The van der Waals surface area contributed by atoms with Crippen LogP contribution in [0.25, 0.3) is 0 Å². The summed E-state index contributed by atoms with van der Waals surface area (Å²) in [6, 6.07) is 0. The van der Waals surface area contributed by atoms with Crippen molar-refractivity contribution in [1.82, 2.24) is 0 Å². The van der Waals surface area contributed by atoms with Crippen molar-refractivity contribution in [3.05, 3.63) is 0 Å². The molecule has 0 aromatic carbocycles. The van der Waals surface area contributed by atoms with Gasteiger partial charge in [-0.1, -0.05) is 39.0 Å². The predicted molar refractivity (Wildman–Crippen MR) is 58.4 cm³/mol. The first-order chi connectivity index (χ1) is 6.86. The monoisotopic (exact) mass is 200 g/mol. The van der Waals surface area contributed by atoms with E-state index < -0.39 is 0 Å². The molecule has 2 heteroatoms. The molecule has 0 amide bonds. The van der Waals surface area contributed by atoms with Crippen molar-refractivity contribution in [3.63, 3.8) is 0 Å². The summed E-state index contributed by atoms with van der Waals surface area (Å²) in [7, 11) is 0. The van der Waals surface area contributed by atoms with Crippen LogP contribution in [-0.2, 0) is 4.74 Å². The van der Waals surface area contributed by atoms with Gasteiger partial charge in [0.1, 0.15) is 0 Å². The number of rotatable bonds is 7. The van der Waals surface area contributed by atoms with Gasteiger partial charge < -0.3 is 9.84 Å². The number of ether oxygens (including phenoxy) is 1. The van der Waals surface area contributed by atoms with E-state index in [0.717, 1.165) is 12.8 Å². The fourth-order valence-corrected chi connectivity index (χ4v) is 2.10. The minimum absolute atomic E-state index is 0.135. The van der Waals surface area contributed by atoms with Crippen LogP contribution in [-0.4, -0.2) is 23.9 Å². The molecule has 1 saturated heterocycles. The molecule has 0 aromatic heterocycles. The van der Waals surface area contributed by atoms with Crippen LogP contribution in [0.2, 0.25) is 0 Å². The zero-order valence-electron chi connectivity index (χ0n) is 9.37. The Morgan fingerprint density at radius 1 is 1.07 bits per heavy atom. The standard InChI is InChI=1S/C12H24O2/c1-2-3-4-5-6-7-11-8-9-12(10-13)14-11/h11-13H,2-10H2,1H3/t11-,12+/m1/s1. The van der Waals surface area contributed by atoms with Gasteiger partial charge in [0.15, 0.2) is 0 Å². The first-order valence-electron chi connectivity index (χ1n) is 6.13. The second kappa shape index (κ2) is 7.24. The highest BCUT2D eigenvalue weighted by Gasteiger charge is 2.23. The number of aliphatic hydroxyl groups excluding tert-OH is 1. The molecule has 1 fully saturated rings. The smallest absolute Gasteiger partial charge is 0.0810 e. The Labute approximate surface area is 87.7 Å². The first-order valence-corrected chi connectivity index (χ1v) is 6.13. The Balaban J connectivity index is 1.92. The molecule has 1 aliphatic rings. The van der Waals surface area contributed by atoms with Gasteiger partial charge in [0, 0.05) is 0 Å². The molecule has 2 atom stereocenters. The molecule has 0 aromatic rings. The number of aliphatic hydroxyl groups is 1. The lowest BCUT2D eigenvalue weighted by Crippen LogP contribution is -2.14. The van der Waals surface area contributed by atoms with Crippen molar-refractivity contribution in [3.8, 4) is 0 Å². The molecule has 2 nitrogen and oxygen atoms in total. The Morgan fingerprint density at radius 3 is 2.43 bits per heavy atom. The third-order valence-corrected chi connectivity index (χ3v) is 3.03. The second-order valence-electron chi connectivity index (χ2n) is 4.34. The molecular weight excluding hydrogens is 176 g/mol. The summed E-state index contributed by atoms with van der Waals surface area (Å²) in [5.74, 6) is 0. The highest BCUT2D eigenvalue weighted by atomic mass is 16.5. The van der Waals surface area contributed by atoms with Crippen molar-refractivity contribution >= 4 is 0 Å². The van der Waals surface area contributed by atoms with Crippen LogP contribution in [0, 0.1) is 0 Å². The SMILES string of the molecule is CCCCCCC[C@@H]1CC[C@@H](CO)O1. The summed E-state index contributed by atoms with van der Waals surface area (Å²) in [6.07, 6.45) is 10.7. The van der Waals surface area contributed by atoms with E-state index in [1.54, 1.807) is 0 Å². The van der Waals surface area contributed by atoms with Gasteiger partial charge in [0.2, 0.25) is 0 Å². The second-order valence-corrected chi connectivity index (χ2v) is 4.34. The molecule has 14 heavy (non-hydrogen) atoms. The quantitative estimate of drug-likeness (QED) is 0.640. The molecule has 0 spiro atoms. The van der Waals surface area contributed by atoms with Crippen molar-refractivity contribution in [1.29, 1.82) is 0 Å². The van der Waals surface area contributed by atoms with E-state index in [0.29, 0.717) is 6.10 Å². The topological polar surface area (TPSA) is 29.5 Å². The molecule has 1 heterocycles. The minimum atomic E-state index is 0.135. The fourth-order valence-electron chi connectivity index (χ4n) is 2.10. The largest absolute Gasteiger partial charge is 0.394 e. The molecule has 0 radical (unpaired) electrons. The summed E-state index contributed by atoms with van der Waals surface area (Å²) in [6.45, 7) is 2.44. The average Bonchev–Trinajstić information content (AvgIpc) is 2.65. The van der Waals surface area contributed by atoms with Gasteiger partial charge in [-0.3, -0.25) is 0 Å². The lowest BCUT2D eigenvalue weighted by molar-refractivity contribution is 0.00758. The van der Waals surface area contributed by atoms with Crippen molar-refractivity contribution < 1.29 is 9.84 Å². The molecular formula is C12H24O2. The van der Waals surface area contributed by atoms with Gasteiger partial charge in [0.25, 0.3) is 0 Å². The Bertz CT molecular complexity index is 136. The van der Waals surface area contributed by atoms with E-state index in [9.17, 15) is 0 Å². The number of unbranched alkanes of at least 4 members (excludes halogenated alkanes) is 4. The van der Waals surface area contributed by atoms with Crippen LogP contribution in [0.3, 0.4) is 0 Å². The van der Waals surface area contributed by atoms with Gasteiger partial charge in [0.05, 0.1) is 18.8 Å². The maximum Gasteiger partial charge on any atom is 0.0810 e. The lowest BCUT2D eigenvalue weighted by atomic mass is 10.1. The van der Waals surface area contributed by atoms with Gasteiger partial charge in [-0.25, -0.2) is 0 Å². The van der Waals surface area contributed by atoms with E-state index in [1.807, 2.05) is 0 Å². The molecule has 0 unspecified atom stereocenters. The van der Waals surface area contributed by atoms with E-state index >= 15 is 0 Å². The fraction of sp³-hybridized carbons (Fsp3) is 1.00. The Morgan fingerprint density at radius 2 is 1.79 bits per heavy atom. The van der Waals surface area contributed by atoms with Gasteiger partial charge in [-0.2, -0.15) is 0 Å². The number of hydrogen-bond donors (Lipinski definition) is 1. The van der Waals surface area contributed by atoms with Crippen molar-refractivity contribution in [2.45, 2.75) is 70.5 Å². The highest BCUT2D eigenvalue weighted by molar-refractivity contribution is 4.72. The van der Waals surface area contributed by atoms with Crippen molar-refractivity contribution in [2.75, 3.05) is 6.61 Å². The molecule has 1 rings (SSSR count). The van der Waals surface area contributed by atoms with E-state index in [2.05, 4.69) is 6.92 Å². The summed E-state index contributed by atoms with van der Waals surface area (Å²) < 4.78 is 5.67. The molecule has 1 N–H and O–H groups in total. The van der Waals surface area contributed by atoms with E-state index in [1.165, 1.54) is 38.5 Å². The maximum absolute atomic E-state index is 8.90. The molecule has 0 aliphatic carbocycles. The molecule has 84 valence electrons. The van der Waals surface area contributed by atoms with E-state index in [-0.39, 0.29) is 12.7 Å². The highest BCUT2D eigenvalue weighted by Crippen LogP contribution is 2.23. The van der Waals surface area contributed by atoms with Gasteiger partial charge in [-0.15, -0.1) is 0 Å². The van der Waals surface area contributed by atoms with Gasteiger partial charge in [-0.05, 0) is 19.3 Å². The van der Waals surface area contributed by atoms with Crippen LogP contribution < -0.4 is 0 Å². The predicted octanol–water partition coefficient (Wildman–Crippen LogP) is 2.89. The third-order valence-electron chi connectivity index (χ3n) is 3.03. The number of hydrogen-bond acceptors (Lipinski definition) is 2. The van der Waals surface area contributed by atoms with Crippen LogP contribution >= 0.6 is 0 Å². The zero-order chi connectivity index (χ0) is 10.2. The lowest BCUT2D eigenvalue weighted by Gasteiger charge is -2.11. The van der Waals surface area contributed by atoms with Crippen LogP contribution in [0.15, 0.2) is 0 Å².